The predicted molar refractivity (Wildman–Crippen MR) is 92.5 cm³/mol. The van der Waals surface area contributed by atoms with E-state index in [1.807, 2.05) is 30.5 Å². The zero-order valence-corrected chi connectivity index (χ0v) is 14.4. The van der Waals surface area contributed by atoms with E-state index in [-0.39, 0.29) is 6.61 Å². The molecular weight excluding hydrogens is 362 g/mol. The predicted octanol–water partition coefficient (Wildman–Crippen LogP) is 3.34. The summed E-state index contributed by atoms with van der Waals surface area (Å²) in [5.41, 5.74) is 4.33. The van der Waals surface area contributed by atoms with Crippen LogP contribution in [0.5, 0.6) is 11.5 Å². The summed E-state index contributed by atoms with van der Waals surface area (Å²) in [6, 6.07) is 10.6. The zero-order valence-electron chi connectivity index (χ0n) is 12.9. The van der Waals surface area contributed by atoms with Crippen LogP contribution in [0.4, 0.5) is 10.5 Å². The number of halogens is 1. The van der Waals surface area contributed by atoms with Crippen molar-refractivity contribution in [3.8, 4) is 11.5 Å². The Morgan fingerprint density at radius 1 is 1.26 bits per heavy atom. The molecule has 0 saturated heterocycles. The van der Waals surface area contributed by atoms with Gasteiger partial charge in [-0.05, 0) is 42.8 Å². The SMILES string of the molecule is COc1cccc(NC(=O)NN)c1COc1ccc(Br)cc1C. The number of rotatable bonds is 5. The smallest absolute Gasteiger partial charge is 0.333 e. The minimum absolute atomic E-state index is 0.243. The van der Waals surface area contributed by atoms with Crippen molar-refractivity contribution in [2.45, 2.75) is 13.5 Å². The molecule has 0 aromatic heterocycles. The number of anilines is 1. The quantitative estimate of drug-likeness (QED) is 0.422. The Morgan fingerprint density at radius 3 is 2.70 bits per heavy atom. The number of aryl methyl sites for hydroxylation is 1. The van der Waals surface area contributed by atoms with Crippen molar-refractivity contribution in [3.05, 3.63) is 52.0 Å². The van der Waals surface area contributed by atoms with Crippen LogP contribution in [0.15, 0.2) is 40.9 Å². The number of hydrazine groups is 1. The average molecular weight is 380 g/mol. The van der Waals surface area contributed by atoms with Gasteiger partial charge in [-0.2, -0.15) is 0 Å². The third-order valence-corrected chi connectivity index (χ3v) is 3.73. The molecule has 6 nitrogen and oxygen atoms in total. The van der Waals surface area contributed by atoms with Gasteiger partial charge in [-0.1, -0.05) is 22.0 Å². The summed E-state index contributed by atoms with van der Waals surface area (Å²) in [5, 5.41) is 2.65. The van der Waals surface area contributed by atoms with Crippen LogP contribution in [-0.2, 0) is 6.61 Å². The van der Waals surface area contributed by atoms with Gasteiger partial charge in [0, 0.05) is 4.47 Å². The molecule has 0 spiro atoms. The molecule has 0 radical (unpaired) electrons. The second-order valence-corrected chi connectivity index (χ2v) is 5.70. The highest BCUT2D eigenvalue weighted by atomic mass is 79.9. The fraction of sp³-hybridized carbons (Fsp3) is 0.188. The first-order chi connectivity index (χ1) is 11.0. The molecule has 2 rings (SSSR count). The van der Waals surface area contributed by atoms with E-state index >= 15 is 0 Å². The van der Waals surface area contributed by atoms with E-state index in [0.717, 1.165) is 21.3 Å². The summed E-state index contributed by atoms with van der Waals surface area (Å²) in [6.45, 7) is 2.20. The number of urea groups is 1. The van der Waals surface area contributed by atoms with Crippen molar-refractivity contribution < 1.29 is 14.3 Å². The van der Waals surface area contributed by atoms with Crippen molar-refractivity contribution >= 4 is 27.6 Å². The summed E-state index contributed by atoms with van der Waals surface area (Å²) in [4.78, 5) is 11.5. The fourth-order valence-electron chi connectivity index (χ4n) is 2.11. The van der Waals surface area contributed by atoms with Gasteiger partial charge in [-0.15, -0.1) is 0 Å². The summed E-state index contributed by atoms with van der Waals surface area (Å²) in [5.74, 6) is 6.49. The molecule has 0 saturated carbocycles. The highest BCUT2D eigenvalue weighted by molar-refractivity contribution is 9.10. The summed E-state index contributed by atoms with van der Waals surface area (Å²) >= 11 is 3.42. The number of nitrogens with one attached hydrogen (secondary N) is 2. The largest absolute Gasteiger partial charge is 0.496 e. The van der Waals surface area contributed by atoms with Crippen LogP contribution in [0.2, 0.25) is 0 Å². The molecule has 0 aliphatic carbocycles. The van der Waals surface area contributed by atoms with E-state index in [2.05, 4.69) is 21.2 Å². The van der Waals surface area contributed by atoms with Gasteiger partial charge in [0.25, 0.3) is 0 Å². The first kappa shape index (κ1) is 17.1. The molecule has 23 heavy (non-hydrogen) atoms. The summed E-state index contributed by atoms with van der Waals surface area (Å²) in [6.07, 6.45) is 0. The summed E-state index contributed by atoms with van der Waals surface area (Å²) < 4.78 is 12.2. The highest BCUT2D eigenvalue weighted by Crippen LogP contribution is 2.29. The molecule has 4 N–H and O–H groups in total. The maximum Gasteiger partial charge on any atom is 0.333 e. The molecule has 2 amide bonds. The lowest BCUT2D eigenvalue weighted by atomic mass is 10.1. The Hall–Kier alpha value is -2.25. The Balaban J connectivity index is 2.24. The van der Waals surface area contributed by atoms with Crippen molar-refractivity contribution in [2.75, 3.05) is 12.4 Å². The number of methoxy groups -OCH3 is 1. The second kappa shape index (κ2) is 7.85. The highest BCUT2D eigenvalue weighted by Gasteiger charge is 2.12. The monoisotopic (exact) mass is 379 g/mol. The Kier molecular flexibility index (Phi) is 5.84. The zero-order chi connectivity index (χ0) is 16.8. The number of carbonyl (C=O) groups is 1. The molecule has 122 valence electrons. The molecule has 0 atom stereocenters. The van der Waals surface area contributed by atoms with Crippen molar-refractivity contribution in [1.82, 2.24) is 5.43 Å². The van der Waals surface area contributed by atoms with Gasteiger partial charge >= 0.3 is 6.03 Å². The average Bonchev–Trinajstić information content (AvgIpc) is 2.54. The first-order valence-corrected chi connectivity index (χ1v) is 7.67. The van der Waals surface area contributed by atoms with Crippen LogP contribution in [0.1, 0.15) is 11.1 Å². The number of ether oxygens (including phenoxy) is 2. The second-order valence-electron chi connectivity index (χ2n) is 4.78. The van der Waals surface area contributed by atoms with Crippen LogP contribution < -0.4 is 26.1 Å². The molecule has 2 aromatic carbocycles. The number of hydrogen-bond donors (Lipinski definition) is 3. The van der Waals surface area contributed by atoms with Gasteiger partial charge in [0.15, 0.2) is 0 Å². The van der Waals surface area contributed by atoms with Gasteiger partial charge in [0.1, 0.15) is 18.1 Å². The Labute approximate surface area is 143 Å². The fourth-order valence-corrected chi connectivity index (χ4v) is 2.58. The van der Waals surface area contributed by atoms with E-state index < -0.39 is 6.03 Å². The minimum Gasteiger partial charge on any atom is -0.496 e. The van der Waals surface area contributed by atoms with Gasteiger partial charge in [-0.25, -0.2) is 10.6 Å². The van der Waals surface area contributed by atoms with Crippen LogP contribution in [0, 0.1) is 6.92 Å². The Bertz CT molecular complexity index is 707. The van der Waals surface area contributed by atoms with Crippen LogP contribution in [0.25, 0.3) is 0 Å². The van der Waals surface area contributed by atoms with Crippen LogP contribution >= 0.6 is 15.9 Å². The van der Waals surface area contributed by atoms with Crippen LogP contribution in [0.3, 0.4) is 0 Å². The lowest BCUT2D eigenvalue weighted by Crippen LogP contribution is -2.34. The number of amides is 2. The standard InChI is InChI=1S/C16H18BrN3O3/c1-10-8-11(17)6-7-14(10)23-9-12-13(19-16(21)20-18)4-3-5-15(12)22-2/h3-8H,9,18H2,1-2H3,(H2,19,20,21). The van der Waals surface area contributed by atoms with E-state index in [1.165, 1.54) is 0 Å². The minimum atomic E-state index is -0.515. The van der Waals surface area contributed by atoms with Crippen LogP contribution in [-0.4, -0.2) is 13.1 Å². The topological polar surface area (TPSA) is 85.6 Å². The first-order valence-electron chi connectivity index (χ1n) is 6.87. The lowest BCUT2D eigenvalue weighted by Gasteiger charge is -2.16. The maximum atomic E-state index is 11.5. The molecule has 0 fully saturated rings. The van der Waals surface area contributed by atoms with Gasteiger partial charge in [0.05, 0.1) is 18.4 Å². The molecular formula is C16H18BrN3O3. The van der Waals surface area contributed by atoms with Gasteiger partial charge < -0.3 is 14.8 Å². The van der Waals surface area contributed by atoms with Gasteiger partial charge in [0.2, 0.25) is 0 Å². The number of hydrogen-bond acceptors (Lipinski definition) is 4. The van der Waals surface area contributed by atoms with Crippen molar-refractivity contribution in [3.63, 3.8) is 0 Å². The number of nitrogens with two attached hydrogens (primary N) is 1. The normalized spacial score (nSPS) is 10.1. The lowest BCUT2D eigenvalue weighted by molar-refractivity contribution is 0.252. The maximum absolute atomic E-state index is 11.5. The third-order valence-electron chi connectivity index (χ3n) is 3.24. The third kappa shape index (κ3) is 4.37. The van der Waals surface area contributed by atoms with E-state index in [9.17, 15) is 4.79 Å². The summed E-state index contributed by atoms with van der Waals surface area (Å²) in [7, 11) is 1.57. The molecule has 2 aromatic rings. The van der Waals surface area contributed by atoms with E-state index in [1.54, 1.807) is 25.3 Å². The molecule has 0 aliphatic rings. The van der Waals surface area contributed by atoms with E-state index in [0.29, 0.717) is 11.4 Å². The van der Waals surface area contributed by atoms with E-state index in [4.69, 9.17) is 15.3 Å². The molecule has 0 unspecified atom stereocenters. The Morgan fingerprint density at radius 2 is 2.04 bits per heavy atom. The van der Waals surface area contributed by atoms with Crippen molar-refractivity contribution in [1.29, 1.82) is 0 Å². The molecule has 0 heterocycles. The molecule has 0 bridgehead atoms. The molecule has 7 heteroatoms. The van der Waals surface area contributed by atoms with Gasteiger partial charge in [-0.3, -0.25) is 5.43 Å². The van der Waals surface area contributed by atoms with Crippen molar-refractivity contribution in [2.24, 2.45) is 5.84 Å². The number of carbonyl (C=O) groups excluding carboxylic acids is 1. The molecule has 0 aliphatic heterocycles. The number of benzene rings is 2.